The summed E-state index contributed by atoms with van der Waals surface area (Å²) in [7, 11) is 0. The van der Waals surface area contributed by atoms with Crippen LogP contribution in [0.2, 0.25) is 0 Å². The lowest BCUT2D eigenvalue weighted by molar-refractivity contribution is -0.138. The lowest BCUT2D eigenvalue weighted by atomic mass is 10.0. The minimum Gasteiger partial charge on any atom is -0.454 e. The number of hydrogen-bond donors (Lipinski definition) is 1. The van der Waals surface area contributed by atoms with Crippen molar-refractivity contribution in [2.45, 2.75) is 39.8 Å². The first-order valence-electron chi connectivity index (χ1n) is 9.98. The Hall–Kier alpha value is -3.02. The molecule has 1 N–H and O–H groups in total. The summed E-state index contributed by atoms with van der Waals surface area (Å²) < 4.78 is 10.8. The smallest absolute Gasteiger partial charge is 0.245 e. The van der Waals surface area contributed by atoms with Crippen LogP contribution in [0.15, 0.2) is 48.5 Å². The molecule has 0 radical (unpaired) electrons. The Morgan fingerprint density at radius 3 is 2.45 bits per heavy atom. The minimum atomic E-state index is -0.569. The topological polar surface area (TPSA) is 67.9 Å². The molecule has 3 rings (SSSR count). The van der Waals surface area contributed by atoms with Gasteiger partial charge >= 0.3 is 0 Å². The SMILES string of the molecule is CCN(Cc1ccc2c(c1)OCO2)C(=O)C(NC(=O)Cc1ccccc1)C(C)C. The fourth-order valence-corrected chi connectivity index (χ4v) is 3.32. The summed E-state index contributed by atoms with van der Waals surface area (Å²) in [6.07, 6.45) is 0.256. The van der Waals surface area contributed by atoms with Gasteiger partial charge in [0.2, 0.25) is 18.6 Å². The van der Waals surface area contributed by atoms with E-state index >= 15 is 0 Å². The first-order chi connectivity index (χ1) is 14.0. The quantitative estimate of drug-likeness (QED) is 0.744. The van der Waals surface area contributed by atoms with Crippen molar-refractivity contribution in [2.75, 3.05) is 13.3 Å². The summed E-state index contributed by atoms with van der Waals surface area (Å²) in [6, 6.07) is 14.6. The molecular formula is C23H28N2O4. The predicted octanol–water partition coefficient (Wildman–Crippen LogP) is 3.15. The highest BCUT2D eigenvalue weighted by Crippen LogP contribution is 2.32. The summed E-state index contributed by atoms with van der Waals surface area (Å²) in [5.74, 6) is 1.16. The zero-order valence-corrected chi connectivity index (χ0v) is 17.2. The number of hydrogen-bond acceptors (Lipinski definition) is 4. The molecule has 2 aromatic carbocycles. The molecule has 0 fully saturated rings. The molecule has 0 bridgehead atoms. The molecular weight excluding hydrogens is 368 g/mol. The molecule has 2 amide bonds. The second kappa shape index (κ2) is 9.45. The number of rotatable bonds is 8. The van der Waals surface area contributed by atoms with Crippen LogP contribution in [0, 0.1) is 5.92 Å². The number of benzene rings is 2. The first-order valence-corrected chi connectivity index (χ1v) is 9.98. The van der Waals surface area contributed by atoms with E-state index in [-0.39, 0.29) is 30.9 Å². The summed E-state index contributed by atoms with van der Waals surface area (Å²) in [5, 5.41) is 2.93. The van der Waals surface area contributed by atoms with Crippen LogP contribution in [-0.4, -0.2) is 36.1 Å². The molecule has 6 nitrogen and oxygen atoms in total. The number of fused-ring (bicyclic) bond motifs is 1. The average molecular weight is 396 g/mol. The van der Waals surface area contributed by atoms with Gasteiger partial charge in [0.25, 0.3) is 0 Å². The maximum Gasteiger partial charge on any atom is 0.245 e. The maximum absolute atomic E-state index is 13.2. The molecule has 1 heterocycles. The van der Waals surface area contributed by atoms with Gasteiger partial charge in [-0.2, -0.15) is 0 Å². The second-order valence-corrected chi connectivity index (χ2v) is 7.49. The molecule has 1 atom stereocenters. The fraction of sp³-hybridized carbons (Fsp3) is 0.391. The predicted molar refractivity (Wildman–Crippen MR) is 111 cm³/mol. The monoisotopic (exact) mass is 396 g/mol. The van der Waals surface area contributed by atoms with E-state index in [1.54, 1.807) is 4.90 Å². The highest BCUT2D eigenvalue weighted by molar-refractivity contribution is 5.88. The summed E-state index contributed by atoms with van der Waals surface area (Å²) in [5.41, 5.74) is 1.88. The molecule has 29 heavy (non-hydrogen) atoms. The highest BCUT2D eigenvalue weighted by Gasteiger charge is 2.28. The molecule has 1 unspecified atom stereocenters. The standard InChI is InChI=1S/C23H28N2O4/c1-4-25(14-18-10-11-19-20(12-18)29-15-28-19)23(27)22(16(2)3)24-21(26)13-17-8-6-5-7-9-17/h5-12,16,22H,4,13-15H2,1-3H3,(H,24,26). The Morgan fingerprint density at radius 1 is 1.03 bits per heavy atom. The minimum absolute atomic E-state index is 0.0203. The Balaban J connectivity index is 1.66. The number of ether oxygens (including phenoxy) is 2. The molecule has 0 saturated carbocycles. The van der Waals surface area contributed by atoms with Gasteiger partial charge in [-0.3, -0.25) is 9.59 Å². The van der Waals surface area contributed by atoms with Gasteiger partial charge in [0.15, 0.2) is 11.5 Å². The van der Waals surface area contributed by atoms with Crippen molar-refractivity contribution < 1.29 is 19.1 Å². The van der Waals surface area contributed by atoms with E-state index in [1.807, 2.05) is 69.3 Å². The second-order valence-electron chi connectivity index (χ2n) is 7.49. The van der Waals surface area contributed by atoms with Crippen LogP contribution in [0.3, 0.4) is 0 Å². The van der Waals surface area contributed by atoms with Gasteiger partial charge in [0.1, 0.15) is 6.04 Å². The number of nitrogens with one attached hydrogen (secondary N) is 1. The van der Waals surface area contributed by atoms with Crippen molar-refractivity contribution in [2.24, 2.45) is 5.92 Å². The number of likely N-dealkylation sites (N-methyl/N-ethyl adjacent to an activating group) is 1. The van der Waals surface area contributed by atoms with E-state index < -0.39 is 6.04 Å². The van der Waals surface area contributed by atoms with Crippen LogP contribution in [0.5, 0.6) is 11.5 Å². The molecule has 1 aliphatic heterocycles. The van der Waals surface area contributed by atoms with Gasteiger partial charge in [-0.05, 0) is 36.1 Å². The third-order valence-electron chi connectivity index (χ3n) is 4.96. The maximum atomic E-state index is 13.2. The van der Waals surface area contributed by atoms with Crippen LogP contribution in [0.25, 0.3) is 0 Å². The Bertz CT molecular complexity index is 851. The van der Waals surface area contributed by atoms with Crippen molar-refractivity contribution in [3.8, 4) is 11.5 Å². The summed E-state index contributed by atoms with van der Waals surface area (Å²) in [4.78, 5) is 27.5. The number of amides is 2. The van der Waals surface area contributed by atoms with Crippen LogP contribution in [0.1, 0.15) is 31.9 Å². The summed E-state index contributed by atoms with van der Waals surface area (Å²) >= 11 is 0. The van der Waals surface area contributed by atoms with Crippen molar-refractivity contribution in [1.29, 1.82) is 0 Å². The number of carbonyl (C=O) groups is 2. The lowest BCUT2D eigenvalue weighted by Crippen LogP contribution is -2.51. The molecule has 0 aliphatic carbocycles. The van der Waals surface area contributed by atoms with Gasteiger partial charge in [0, 0.05) is 13.1 Å². The van der Waals surface area contributed by atoms with Crippen LogP contribution >= 0.6 is 0 Å². The van der Waals surface area contributed by atoms with E-state index in [0.717, 1.165) is 16.9 Å². The third-order valence-corrected chi connectivity index (χ3v) is 4.96. The van der Waals surface area contributed by atoms with Gasteiger partial charge in [-0.1, -0.05) is 50.2 Å². The van der Waals surface area contributed by atoms with E-state index in [4.69, 9.17) is 9.47 Å². The van der Waals surface area contributed by atoms with E-state index in [9.17, 15) is 9.59 Å². The molecule has 2 aromatic rings. The lowest BCUT2D eigenvalue weighted by Gasteiger charge is -2.29. The van der Waals surface area contributed by atoms with Crippen molar-refractivity contribution in [3.05, 3.63) is 59.7 Å². The van der Waals surface area contributed by atoms with Gasteiger partial charge in [-0.25, -0.2) is 0 Å². The van der Waals surface area contributed by atoms with Gasteiger partial charge < -0.3 is 19.7 Å². The van der Waals surface area contributed by atoms with E-state index in [0.29, 0.717) is 18.8 Å². The fourth-order valence-electron chi connectivity index (χ4n) is 3.32. The number of nitrogens with zero attached hydrogens (tertiary/aromatic N) is 1. The van der Waals surface area contributed by atoms with Crippen LogP contribution < -0.4 is 14.8 Å². The van der Waals surface area contributed by atoms with Crippen molar-refractivity contribution in [3.63, 3.8) is 0 Å². The third kappa shape index (κ3) is 5.28. The molecule has 6 heteroatoms. The summed E-state index contributed by atoms with van der Waals surface area (Å²) in [6.45, 7) is 7.04. The van der Waals surface area contributed by atoms with Crippen molar-refractivity contribution in [1.82, 2.24) is 10.2 Å². The Labute approximate surface area is 171 Å². The largest absolute Gasteiger partial charge is 0.454 e. The van der Waals surface area contributed by atoms with E-state index in [1.165, 1.54) is 0 Å². The highest BCUT2D eigenvalue weighted by atomic mass is 16.7. The zero-order chi connectivity index (χ0) is 20.8. The first kappa shape index (κ1) is 20.7. The average Bonchev–Trinajstić information content (AvgIpc) is 3.18. The van der Waals surface area contributed by atoms with Gasteiger partial charge in [-0.15, -0.1) is 0 Å². The van der Waals surface area contributed by atoms with Gasteiger partial charge in [0.05, 0.1) is 6.42 Å². The molecule has 0 spiro atoms. The van der Waals surface area contributed by atoms with Crippen molar-refractivity contribution >= 4 is 11.8 Å². The molecule has 0 aromatic heterocycles. The normalized spacial score (nSPS) is 13.2. The zero-order valence-electron chi connectivity index (χ0n) is 17.2. The molecule has 1 aliphatic rings. The Kier molecular flexibility index (Phi) is 6.75. The van der Waals surface area contributed by atoms with Crippen LogP contribution in [0.4, 0.5) is 0 Å². The number of carbonyl (C=O) groups excluding carboxylic acids is 2. The Morgan fingerprint density at radius 2 is 1.76 bits per heavy atom. The molecule has 0 saturated heterocycles. The van der Waals surface area contributed by atoms with E-state index in [2.05, 4.69) is 5.32 Å². The molecule has 154 valence electrons. The van der Waals surface area contributed by atoms with Crippen LogP contribution in [-0.2, 0) is 22.6 Å².